The Morgan fingerprint density at radius 3 is 2.68 bits per heavy atom. The highest BCUT2D eigenvalue weighted by Gasteiger charge is 2.50. The molecule has 2 rings (SSSR count). The highest BCUT2D eigenvalue weighted by atomic mass is 35.5. The Balaban J connectivity index is 2.23. The Hall–Kier alpha value is -0.950. The van der Waals surface area contributed by atoms with E-state index in [1.807, 2.05) is 0 Å². The van der Waals surface area contributed by atoms with E-state index in [0.29, 0.717) is 29.7 Å². The van der Waals surface area contributed by atoms with E-state index in [2.05, 4.69) is 29.1 Å². The van der Waals surface area contributed by atoms with E-state index < -0.39 is 17.7 Å². The van der Waals surface area contributed by atoms with Gasteiger partial charge in [-0.25, -0.2) is 9.97 Å². The molecule has 0 spiro atoms. The van der Waals surface area contributed by atoms with Gasteiger partial charge in [-0.3, -0.25) is 0 Å². The molecule has 1 fully saturated rings. The van der Waals surface area contributed by atoms with E-state index in [4.69, 9.17) is 11.6 Å². The predicted octanol–water partition coefficient (Wildman–Crippen LogP) is 1.23. The summed E-state index contributed by atoms with van der Waals surface area (Å²) in [6.07, 6.45) is 1.54. The molecule has 22 heavy (non-hydrogen) atoms. The van der Waals surface area contributed by atoms with E-state index in [-0.39, 0.29) is 12.5 Å². The van der Waals surface area contributed by atoms with Crippen molar-refractivity contribution in [1.29, 1.82) is 0 Å². The van der Waals surface area contributed by atoms with Gasteiger partial charge in [0.25, 0.3) is 0 Å². The van der Waals surface area contributed by atoms with Gasteiger partial charge in [-0.1, -0.05) is 25.4 Å². The first-order chi connectivity index (χ1) is 10.3. The molecule has 1 aliphatic carbocycles. The molecule has 1 heterocycles. The number of nitrogens with zero attached hydrogens (tertiary/aromatic N) is 2. The van der Waals surface area contributed by atoms with Crippen molar-refractivity contribution in [3.05, 3.63) is 17.0 Å². The van der Waals surface area contributed by atoms with Gasteiger partial charge in [-0.15, -0.1) is 0 Å². The number of hydrogen-bond donors (Lipinski definition) is 4. The molecule has 7 heteroatoms. The fraction of sp³-hybridized carbons (Fsp3) is 0.733. The van der Waals surface area contributed by atoms with Crippen molar-refractivity contribution < 1.29 is 15.3 Å². The lowest BCUT2D eigenvalue weighted by Crippen LogP contribution is -2.45. The highest BCUT2D eigenvalue weighted by Crippen LogP contribution is 2.37. The summed E-state index contributed by atoms with van der Waals surface area (Å²) in [7, 11) is 0. The SMILES string of the molecule is CC(C)Cc1c(Cl)ncnc1N[C@@H]1C[C@H](CO)[C@@](C)(O)[C@H]1O. The second kappa shape index (κ2) is 6.66. The summed E-state index contributed by atoms with van der Waals surface area (Å²) in [5.74, 6) is 0.573. The maximum Gasteiger partial charge on any atom is 0.137 e. The van der Waals surface area contributed by atoms with Crippen LogP contribution >= 0.6 is 11.6 Å². The van der Waals surface area contributed by atoms with Crippen molar-refractivity contribution in [3.8, 4) is 0 Å². The van der Waals surface area contributed by atoms with Crippen molar-refractivity contribution in [2.75, 3.05) is 11.9 Å². The van der Waals surface area contributed by atoms with Gasteiger partial charge in [-0.05, 0) is 25.7 Å². The minimum atomic E-state index is -1.33. The summed E-state index contributed by atoms with van der Waals surface area (Å²) in [5.41, 5.74) is -0.528. The zero-order valence-electron chi connectivity index (χ0n) is 13.1. The molecular weight excluding hydrogens is 306 g/mol. The predicted molar refractivity (Wildman–Crippen MR) is 84.8 cm³/mol. The van der Waals surface area contributed by atoms with Crippen molar-refractivity contribution in [3.63, 3.8) is 0 Å². The molecule has 4 N–H and O–H groups in total. The third-order valence-corrected chi connectivity index (χ3v) is 4.72. The maximum atomic E-state index is 10.3. The topological polar surface area (TPSA) is 98.5 Å². The maximum absolute atomic E-state index is 10.3. The molecule has 0 bridgehead atoms. The van der Waals surface area contributed by atoms with Gasteiger partial charge in [0.15, 0.2) is 0 Å². The van der Waals surface area contributed by atoms with Gasteiger partial charge >= 0.3 is 0 Å². The lowest BCUT2D eigenvalue weighted by atomic mass is 9.92. The molecule has 124 valence electrons. The monoisotopic (exact) mass is 329 g/mol. The van der Waals surface area contributed by atoms with E-state index in [1.54, 1.807) is 6.92 Å². The van der Waals surface area contributed by atoms with Crippen LogP contribution in [0.5, 0.6) is 0 Å². The van der Waals surface area contributed by atoms with Crippen molar-refractivity contribution >= 4 is 17.4 Å². The van der Waals surface area contributed by atoms with Crippen LogP contribution in [0.15, 0.2) is 6.33 Å². The molecule has 0 aliphatic heterocycles. The average Bonchev–Trinajstić information content (AvgIpc) is 2.65. The van der Waals surface area contributed by atoms with Crippen molar-refractivity contribution in [2.45, 2.75) is 51.4 Å². The summed E-state index contributed by atoms with van der Waals surface area (Å²) in [6, 6.07) is -0.399. The molecule has 1 aliphatic rings. The quantitative estimate of drug-likeness (QED) is 0.607. The van der Waals surface area contributed by atoms with Crippen molar-refractivity contribution in [1.82, 2.24) is 9.97 Å². The minimum absolute atomic E-state index is 0.175. The second-order valence-electron chi connectivity index (χ2n) is 6.63. The lowest BCUT2D eigenvalue weighted by molar-refractivity contribution is -0.0784. The van der Waals surface area contributed by atoms with Crippen LogP contribution in [0.1, 0.15) is 32.8 Å². The summed E-state index contributed by atoms with van der Waals surface area (Å²) in [6.45, 7) is 5.52. The number of anilines is 1. The van der Waals surface area contributed by atoms with Crippen LogP contribution in [0.2, 0.25) is 5.15 Å². The zero-order chi connectivity index (χ0) is 16.5. The normalized spacial score (nSPS) is 31.7. The van der Waals surface area contributed by atoms with Gasteiger partial charge in [0.1, 0.15) is 23.4 Å². The number of halogens is 1. The summed E-state index contributed by atoms with van der Waals surface area (Å²) in [4.78, 5) is 8.24. The Labute approximate surface area is 135 Å². The smallest absolute Gasteiger partial charge is 0.137 e. The first-order valence-electron chi connectivity index (χ1n) is 7.54. The Kier molecular flexibility index (Phi) is 5.27. The average molecular weight is 330 g/mol. The molecule has 1 saturated carbocycles. The standard InChI is InChI=1S/C15H24ClN3O3/c1-8(2)4-10-13(16)17-7-18-14(10)19-11-5-9(6-20)15(3,22)12(11)21/h7-9,11-12,20-22H,4-6H2,1-3H3,(H,17,18,19)/t9-,11-,12+,15-/m1/s1. The molecule has 0 amide bonds. The van der Waals surface area contributed by atoms with Crippen LogP contribution in [-0.4, -0.2) is 49.6 Å². The Bertz CT molecular complexity index is 525. The fourth-order valence-corrected chi connectivity index (χ4v) is 3.21. The van der Waals surface area contributed by atoms with Crippen LogP contribution in [0.25, 0.3) is 0 Å². The minimum Gasteiger partial charge on any atom is -0.396 e. The van der Waals surface area contributed by atoms with Crippen LogP contribution in [0.4, 0.5) is 5.82 Å². The van der Waals surface area contributed by atoms with E-state index in [0.717, 1.165) is 5.56 Å². The zero-order valence-corrected chi connectivity index (χ0v) is 13.9. The summed E-state index contributed by atoms with van der Waals surface area (Å²) < 4.78 is 0. The number of rotatable bonds is 5. The number of aliphatic hydroxyl groups is 3. The molecule has 0 saturated heterocycles. The molecule has 1 aromatic heterocycles. The van der Waals surface area contributed by atoms with Crippen molar-refractivity contribution in [2.24, 2.45) is 11.8 Å². The van der Waals surface area contributed by atoms with Gasteiger partial charge in [0.05, 0.1) is 11.6 Å². The molecule has 1 aromatic rings. The first-order valence-corrected chi connectivity index (χ1v) is 7.92. The van der Waals surface area contributed by atoms with E-state index in [1.165, 1.54) is 6.33 Å². The molecular formula is C15H24ClN3O3. The number of aromatic nitrogens is 2. The van der Waals surface area contributed by atoms with Crippen LogP contribution in [0, 0.1) is 11.8 Å². The number of hydrogen-bond acceptors (Lipinski definition) is 6. The molecule has 4 atom stereocenters. The number of aliphatic hydroxyl groups excluding tert-OH is 2. The fourth-order valence-electron chi connectivity index (χ4n) is 3.00. The van der Waals surface area contributed by atoms with Crippen LogP contribution in [-0.2, 0) is 6.42 Å². The van der Waals surface area contributed by atoms with E-state index >= 15 is 0 Å². The molecule has 0 unspecified atom stereocenters. The van der Waals surface area contributed by atoms with Crippen LogP contribution < -0.4 is 5.32 Å². The molecule has 0 radical (unpaired) electrons. The first kappa shape index (κ1) is 17.4. The largest absolute Gasteiger partial charge is 0.396 e. The summed E-state index contributed by atoms with van der Waals surface area (Å²) in [5, 5.41) is 33.6. The van der Waals surface area contributed by atoms with Crippen LogP contribution in [0.3, 0.4) is 0 Å². The molecule has 6 nitrogen and oxygen atoms in total. The number of nitrogens with one attached hydrogen (secondary N) is 1. The Morgan fingerprint density at radius 1 is 1.45 bits per heavy atom. The van der Waals surface area contributed by atoms with Gasteiger partial charge in [0, 0.05) is 18.1 Å². The third-order valence-electron chi connectivity index (χ3n) is 4.39. The Morgan fingerprint density at radius 2 is 2.14 bits per heavy atom. The van der Waals surface area contributed by atoms with Gasteiger partial charge < -0.3 is 20.6 Å². The summed E-state index contributed by atoms with van der Waals surface area (Å²) >= 11 is 6.16. The third kappa shape index (κ3) is 3.35. The van der Waals surface area contributed by atoms with E-state index in [9.17, 15) is 15.3 Å². The lowest BCUT2D eigenvalue weighted by Gasteiger charge is -2.28. The van der Waals surface area contributed by atoms with Gasteiger partial charge in [0.2, 0.25) is 0 Å². The molecule has 0 aromatic carbocycles. The second-order valence-corrected chi connectivity index (χ2v) is 6.98. The highest BCUT2D eigenvalue weighted by molar-refractivity contribution is 6.30. The van der Waals surface area contributed by atoms with Gasteiger partial charge in [-0.2, -0.15) is 0 Å².